The van der Waals surface area contributed by atoms with Crippen LogP contribution in [0.3, 0.4) is 0 Å². The molecule has 2 heterocycles. The number of pyridine rings is 1. The second kappa shape index (κ2) is 12.3. The highest BCUT2D eigenvalue weighted by molar-refractivity contribution is 6.30. The van der Waals surface area contributed by atoms with Crippen molar-refractivity contribution < 1.29 is 19.1 Å². The third-order valence-electron chi connectivity index (χ3n) is 5.31. The van der Waals surface area contributed by atoms with Crippen LogP contribution in [-0.2, 0) is 4.79 Å². The van der Waals surface area contributed by atoms with E-state index in [2.05, 4.69) is 21.7 Å². The van der Waals surface area contributed by atoms with Crippen LogP contribution in [0.5, 0.6) is 5.75 Å². The Morgan fingerprint density at radius 1 is 1.13 bits per heavy atom. The quantitative estimate of drug-likeness (QED) is 0.233. The molecule has 4 aromatic rings. The van der Waals surface area contributed by atoms with Crippen molar-refractivity contribution in [1.82, 2.24) is 4.98 Å². The molecule has 5 N–H and O–H groups in total. The Morgan fingerprint density at radius 3 is 2.58 bits per heavy atom. The van der Waals surface area contributed by atoms with E-state index in [-0.39, 0.29) is 59.4 Å². The normalized spacial score (nSPS) is 11.1. The number of nitrogens with zero attached hydrogens (tertiary/aromatic N) is 2. The van der Waals surface area contributed by atoms with Gasteiger partial charge in [-0.1, -0.05) is 23.7 Å². The maximum Gasteiger partial charge on any atom is 0.292 e. The van der Waals surface area contributed by atoms with E-state index in [4.69, 9.17) is 21.8 Å². The topological polar surface area (TPSA) is 154 Å². The van der Waals surface area contributed by atoms with E-state index in [1.54, 1.807) is 55.5 Å². The molecule has 0 fully saturated rings. The highest BCUT2D eigenvalue weighted by Crippen LogP contribution is 2.37. The van der Waals surface area contributed by atoms with Gasteiger partial charge < -0.3 is 25.9 Å². The number of amides is 2. The molecule has 0 saturated heterocycles. The minimum absolute atomic E-state index is 0. The van der Waals surface area contributed by atoms with Crippen molar-refractivity contribution in [2.75, 3.05) is 10.6 Å². The predicted molar refractivity (Wildman–Crippen MR) is 147 cm³/mol. The number of aromatic hydroxyl groups is 1. The van der Waals surface area contributed by atoms with Crippen molar-refractivity contribution in [3.05, 3.63) is 83.3 Å². The van der Waals surface area contributed by atoms with E-state index in [9.17, 15) is 20.0 Å². The summed E-state index contributed by atoms with van der Waals surface area (Å²) in [5.41, 5.74) is 7.90. The molecule has 0 saturated carbocycles. The summed E-state index contributed by atoms with van der Waals surface area (Å²) in [5.74, 6) is -0.978. The summed E-state index contributed by atoms with van der Waals surface area (Å²) < 4.78 is 5.16. The summed E-state index contributed by atoms with van der Waals surface area (Å²) in [6.07, 6.45) is 1.50. The van der Waals surface area contributed by atoms with Crippen molar-refractivity contribution >= 4 is 47.3 Å². The predicted octanol–water partition coefficient (Wildman–Crippen LogP) is 5.59. The molecule has 0 bridgehead atoms. The second-order valence-electron chi connectivity index (χ2n) is 8.29. The number of anilines is 2. The standard InChI is InChI=1S/C27H22ClN5O4.ClH/c1-15(30)10-25(35)31-18-5-2-4-16(11-18)20-13-22(19-8-7-17(28)12-23(19)34)32-26(21(20)14-29)33-27(36)24-6-3-9-37-24;/h2-9,11-13,15,34H,10,30H2,1H3,(H,31,35)(H,32,33,36);1H. The van der Waals surface area contributed by atoms with Gasteiger partial charge in [-0.3, -0.25) is 9.59 Å². The maximum atomic E-state index is 12.7. The number of furan rings is 1. The van der Waals surface area contributed by atoms with E-state index in [1.807, 2.05) is 0 Å². The Hall–Kier alpha value is -4.36. The number of phenols is 1. The lowest BCUT2D eigenvalue weighted by molar-refractivity contribution is -0.116. The Kier molecular flexibility index (Phi) is 9.10. The lowest BCUT2D eigenvalue weighted by atomic mass is 9.97. The molecule has 2 aromatic heterocycles. The van der Waals surface area contributed by atoms with Crippen LogP contribution in [0.15, 0.2) is 71.3 Å². The monoisotopic (exact) mass is 551 g/mol. The molecule has 2 aromatic carbocycles. The van der Waals surface area contributed by atoms with E-state index in [0.29, 0.717) is 27.4 Å². The van der Waals surface area contributed by atoms with Crippen LogP contribution < -0.4 is 16.4 Å². The molecule has 1 unspecified atom stereocenters. The Labute approximate surface area is 229 Å². The molecule has 194 valence electrons. The van der Waals surface area contributed by atoms with Crippen LogP contribution in [0, 0.1) is 11.3 Å². The average Bonchev–Trinajstić information content (AvgIpc) is 3.38. The van der Waals surface area contributed by atoms with Crippen molar-refractivity contribution in [3.63, 3.8) is 0 Å². The first-order valence-corrected chi connectivity index (χ1v) is 11.6. The lowest BCUT2D eigenvalue weighted by Gasteiger charge is -2.15. The first kappa shape index (κ1) is 28.2. The van der Waals surface area contributed by atoms with Crippen LogP contribution >= 0.6 is 24.0 Å². The van der Waals surface area contributed by atoms with Crippen LogP contribution in [0.1, 0.15) is 29.5 Å². The molecule has 2 amide bonds. The van der Waals surface area contributed by atoms with Crippen molar-refractivity contribution in [2.24, 2.45) is 5.73 Å². The van der Waals surface area contributed by atoms with Gasteiger partial charge in [-0.05, 0) is 61.0 Å². The number of benzene rings is 2. The number of aromatic nitrogens is 1. The minimum atomic E-state index is -0.602. The van der Waals surface area contributed by atoms with Gasteiger partial charge in [0.25, 0.3) is 5.91 Å². The molecular formula is C27H23Cl2N5O4. The van der Waals surface area contributed by atoms with E-state index >= 15 is 0 Å². The molecule has 0 spiro atoms. The van der Waals surface area contributed by atoms with Crippen LogP contribution in [0.4, 0.5) is 11.5 Å². The number of nitrogens with one attached hydrogen (secondary N) is 2. The summed E-state index contributed by atoms with van der Waals surface area (Å²) in [7, 11) is 0. The van der Waals surface area contributed by atoms with Gasteiger partial charge in [-0.15, -0.1) is 12.4 Å². The number of carbonyl (C=O) groups is 2. The molecule has 38 heavy (non-hydrogen) atoms. The van der Waals surface area contributed by atoms with Gasteiger partial charge >= 0.3 is 0 Å². The number of rotatable bonds is 7. The molecule has 0 aliphatic carbocycles. The fourth-order valence-electron chi connectivity index (χ4n) is 3.68. The largest absolute Gasteiger partial charge is 0.507 e. The van der Waals surface area contributed by atoms with Crippen LogP contribution in [0.2, 0.25) is 5.02 Å². The highest BCUT2D eigenvalue weighted by atomic mass is 35.5. The minimum Gasteiger partial charge on any atom is -0.507 e. The number of hydrogen-bond donors (Lipinski definition) is 4. The fourth-order valence-corrected chi connectivity index (χ4v) is 3.85. The van der Waals surface area contributed by atoms with Gasteiger partial charge in [-0.2, -0.15) is 5.26 Å². The third kappa shape index (κ3) is 6.49. The smallest absolute Gasteiger partial charge is 0.292 e. The van der Waals surface area contributed by atoms with Gasteiger partial charge in [0.2, 0.25) is 5.91 Å². The maximum absolute atomic E-state index is 12.7. The van der Waals surface area contributed by atoms with E-state index < -0.39 is 5.91 Å². The summed E-state index contributed by atoms with van der Waals surface area (Å²) in [5, 5.41) is 26.3. The number of nitriles is 1. The van der Waals surface area contributed by atoms with Gasteiger partial charge in [0.1, 0.15) is 17.4 Å². The fraction of sp³-hybridized carbons (Fsp3) is 0.111. The average molecular weight is 552 g/mol. The van der Waals surface area contributed by atoms with E-state index in [1.165, 1.54) is 18.4 Å². The zero-order valence-electron chi connectivity index (χ0n) is 20.1. The number of phenolic OH excluding ortho intramolecular Hbond substituents is 1. The zero-order chi connectivity index (χ0) is 26.5. The van der Waals surface area contributed by atoms with Crippen molar-refractivity contribution in [2.45, 2.75) is 19.4 Å². The van der Waals surface area contributed by atoms with Gasteiger partial charge in [0.05, 0.1) is 12.0 Å². The number of carbonyl (C=O) groups excluding carboxylic acids is 2. The van der Waals surface area contributed by atoms with Crippen LogP contribution in [-0.4, -0.2) is 27.9 Å². The number of nitrogens with two attached hydrogens (primary N) is 1. The van der Waals surface area contributed by atoms with Crippen molar-refractivity contribution in [1.29, 1.82) is 5.26 Å². The number of hydrogen-bond acceptors (Lipinski definition) is 7. The van der Waals surface area contributed by atoms with Gasteiger partial charge in [0, 0.05) is 34.3 Å². The summed E-state index contributed by atoms with van der Waals surface area (Å²) >= 11 is 5.99. The number of halogens is 2. The SMILES string of the molecule is CC(N)CC(=O)Nc1cccc(-c2cc(-c3ccc(Cl)cc3O)nc(NC(=O)c3ccco3)c2C#N)c1.Cl. The van der Waals surface area contributed by atoms with Crippen molar-refractivity contribution in [3.8, 4) is 34.2 Å². The zero-order valence-corrected chi connectivity index (χ0v) is 21.6. The van der Waals surface area contributed by atoms with Gasteiger partial charge in [0.15, 0.2) is 11.6 Å². The molecular weight excluding hydrogens is 529 g/mol. The second-order valence-corrected chi connectivity index (χ2v) is 8.73. The Balaban J connectivity index is 0.00000400. The lowest BCUT2D eigenvalue weighted by Crippen LogP contribution is -2.23. The molecule has 0 aliphatic heterocycles. The molecule has 0 aliphatic rings. The van der Waals surface area contributed by atoms with Crippen LogP contribution in [0.25, 0.3) is 22.4 Å². The Morgan fingerprint density at radius 2 is 1.92 bits per heavy atom. The summed E-state index contributed by atoms with van der Waals surface area (Å²) in [4.78, 5) is 29.4. The summed E-state index contributed by atoms with van der Waals surface area (Å²) in [6, 6.07) is 17.9. The van der Waals surface area contributed by atoms with E-state index in [0.717, 1.165) is 0 Å². The third-order valence-corrected chi connectivity index (χ3v) is 5.54. The summed E-state index contributed by atoms with van der Waals surface area (Å²) in [6.45, 7) is 1.73. The molecule has 9 nitrogen and oxygen atoms in total. The first-order chi connectivity index (χ1) is 17.7. The molecule has 4 rings (SSSR count). The molecule has 0 radical (unpaired) electrons. The molecule has 11 heteroatoms. The highest BCUT2D eigenvalue weighted by Gasteiger charge is 2.20. The first-order valence-electron chi connectivity index (χ1n) is 11.2. The van der Waals surface area contributed by atoms with Gasteiger partial charge in [-0.25, -0.2) is 4.98 Å². The Bertz CT molecular complexity index is 1510. The molecule has 1 atom stereocenters.